The van der Waals surface area contributed by atoms with Gasteiger partial charge >= 0.3 is 0 Å². The van der Waals surface area contributed by atoms with Gasteiger partial charge in [-0.05, 0) is 46.2 Å². The Bertz CT molecular complexity index is 498. The quantitative estimate of drug-likeness (QED) is 0.767. The number of nitrogens with zero attached hydrogens (tertiary/aromatic N) is 1. The van der Waals surface area contributed by atoms with Crippen LogP contribution in [0.5, 0.6) is 0 Å². The smallest absolute Gasteiger partial charge is 0.226 e. The Morgan fingerprint density at radius 3 is 2.28 bits per heavy atom. The molecule has 2 nitrogen and oxygen atoms in total. The summed E-state index contributed by atoms with van der Waals surface area (Å²) >= 11 is 5.54. The van der Waals surface area contributed by atoms with Gasteiger partial charge in [-0.2, -0.15) is 5.26 Å². The molecule has 96 valence electrons. The van der Waals surface area contributed by atoms with Crippen molar-refractivity contribution in [2.45, 2.75) is 46.0 Å². The molecule has 0 heterocycles. The first-order valence-electron chi connectivity index (χ1n) is 6.12. The first-order chi connectivity index (χ1) is 8.38. The van der Waals surface area contributed by atoms with Crippen molar-refractivity contribution in [3.05, 3.63) is 34.4 Å². The predicted octanol–water partition coefficient (Wildman–Crippen LogP) is 4.11. The van der Waals surface area contributed by atoms with Gasteiger partial charge in [-0.1, -0.05) is 33.8 Å². The average molecular weight is 264 g/mol. The van der Waals surface area contributed by atoms with Crippen LogP contribution in [0.25, 0.3) is 0 Å². The van der Waals surface area contributed by atoms with E-state index in [0.29, 0.717) is 11.5 Å². The van der Waals surface area contributed by atoms with Crippen molar-refractivity contribution in [2.24, 2.45) is 0 Å². The van der Waals surface area contributed by atoms with Crippen LogP contribution in [0.15, 0.2) is 12.1 Å². The Kier molecular flexibility index (Phi) is 4.93. The SMILES string of the molecule is CC(C)c1ccc(C#N)c(C(C)C)c1CC(=O)Cl. The monoisotopic (exact) mass is 263 g/mol. The van der Waals surface area contributed by atoms with E-state index in [9.17, 15) is 10.1 Å². The molecule has 0 radical (unpaired) electrons. The molecule has 1 aromatic rings. The molecule has 0 aromatic heterocycles. The Morgan fingerprint density at radius 2 is 1.89 bits per heavy atom. The summed E-state index contributed by atoms with van der Waals surface area (Å²) in [5, 5.41) is 8.81. The van der Waals surface area contributed by atoms with Gasteiger partial charge in [0, 0.05) is 6.42 Å². The predicted molar refractivity (Wildman–Crippen MR) is 73.9 cm³/mol. The average Bonchev–Trinajstić information content (AvgIpc) is 2.26. The molecule has 18 heavy (non-hydrogen) atoms. The molecule has 0 N–H and O–H groups in total. The zero-order valence-electron chi connectivity index (χ0n) is 11.2. The van der Waals surface area contributed by atoms with E-state index in [1.807, 2.05) is 26.0 Å². The summed E-state index contributed by atoms with van der Waals surface area (Å²) in [4.78, 5) is 11.2. The molecule has 1 aromatic carbocycles. The Morgan fingerprint density at radius 1 is 1.28 bits per heavy atom. The summed E-state index contributed by atoms with van der Waals surface area (Å²) in [5.74, 6) is 0.505. The molecule has 3 heteroatoms. The van der Waals surface area contributed by atoms with E-state index < -0.39 is 0 Å². The molecule has 0 aliphatic rings. The number of rotatable bonds is 4. The molecule has 0 saturated heterocycles. The Hall–Kier alpha value is -1.33. The molecular weight excluding hydrogens is 246 g/mol. The van der Waals surface area contributed by atoms with Crippen molar-refractivity contribution in [3.63, 3.8) is 0 Å². The molecule has 1 rings (SSSR count). The van der Waals surface area contributed by atoms with Gasteiger partial charge < -0.3 is 0 Å². The number of benzene rings is 1. The summed E-state index contributed by atoms with van der Waals surface area (Å²) in [6, 6.07) is 5.98. The van der Waals surface area contributed by atoms with Crippen LogP contribution < -0.4 is 0 Å². The number of nitriles is 1. The number of halogens is 1. The lowest BCUT2D eigenvalue weighted by atomic mass is 9.84. The van der Waals surface area contributed by atoms with Crippen LogP contribution in [0, 0.1) is 11.3 Å². The highest BCUT2D eigenvalue weighted by Crippen LogP contribution is 2.31. The highest BCUT2D eigenvalue weighted by molar-refractivity contribution is 6.63. The topological polar surface area (TPSA) is 40.9 Å². The second-order valence-electron chi connectivity index (χ2n) is 5.05. The van der Waals surface area contributed by atoms with E-state index in [0.717, 1.165) is 16.7 Å². The lowest BCUT2D eigenvalue weighted by Gasteiger charge is -2.20. The normalized spacial score (nSPS) is 10.8. The van der Waals surface area contributed by atoms with Crippen LogP contribution in [0.1, 0.15) is 61.8 Å². The van der Waals surface area contributed by atoms with Crippen LogP contribution >= 0.6 is 11.6 Å². The van der Waals surface area contributed by atoms with E-state index in [-0.39, 0.29) is 17.6 Å². The number of hydrogen-bond donors (Lipinski definition) is 0. The maximum atomic E-state index is 11.2. The summed E-state index contributed by atoms with van der Waals surface area (Å²) < 4.78 is 0. The van der Waals surface area contributed by atoms with Gasteiger partial charge in [-0.25, -0.2) is 0 Å². The molecule has 0 atom stereocenters. The number of carbonyl (C=O) groups is 1. The van der Waals surface area contributed by atoms with E-state index in [1.54, 1.807) is 0 Å². The summed E-state index contributed by atoms with van der Waals surface area (Å²) in [6.07, 6.45) is 0.193. The molecule has 0 saturated carbocycles. The fraction of sp³-hybridized carbons (Fsp3) is 0.467. The minimum Gasteiger partial charge on any atom is -0.281 e. The molecule has 0 unspecified atom stereocenters. The van der Waals surface area contributed by atoms with Crippen molar-refractivity contribution in [3.8, 4) is 6.07 Å². The maximum Gasteiger partial charge on any atom is 0.226 e. The molecule has 0 fully saturated rings. The molecule has 0 aliphatic heterocycles. The second kappa shape index (κ2) is 6.02. The Labute approximate surface area is 114 Å². The van der Waals surface area contributed by atoms with Gasteiger partial charge in [0.2, 0.25) is 5.24 Å². The van der Waals surface area contributed by atoms with E-state index in [1.165, 1.54) is 0 Å². The van der Waals surface area contributed by atoms with Crippen molar-refractivity contribution >= 4 is 16.8 Å². The zero-order chi connectivity index (χ0) is 13.9. The van der Waals surface area contributed by atoms with Crippen molar-refractivity contribution in [1.82, 2.24) is 0 Å². The maximum absolute atomic E-state index is 11.2. The third-order valence-corrected chi connectivity index (χ3v) is 3.16. The highest BCUT2D eigenvalue weighted by Gasteiger charge is 2.19. The minimum absolute atomic E-state index is 0.193. The lowest BCUT2D eigenvalue weighted by Crippen LogP contribution is -2.09. The van der Waals surface area contributed by atoms with Crippen LogP contribution in [-0.2, 0) is 11.2 Å². The molecule has 0 spiro atoms. The molecule has 0 amide bonds. The van der Waals surface area contributed by atoms with Crippen molar-refractivity contribution in [2.75, 3.05) is 0 Å². The first kappa shape index (κ1) is 14.7. The van der Waals surface area contributed by atoms with Crippen molar-refractivity contribution in [1.29, 1.82) is 5.26 Å². The third kappa shape index (κ3) is 3.11. The largest absolute Gasteiger partial charge is 0.281 e. The second-order valence-corrected chi connectivity index (χ2v) is 5.47. The van der Waals surface area contributed by atoms with Gasteiger partial charge in [0.05, 0.1) is 11.6 Å². The van der Waals surface area contributed by atoms with Crippen LogP contribution in [-0.4, -0.2) is 5.24 Å². The van der Waals surface area contributed by atoms with Crippen LogP contribution in [0.2, 0.25) is 0 Å². The van der Waals surface area contributed by atoms with E-state index in [4.69, 9.17) is 11.6 Å². The highest BCUT2D eigenvalue weighted by atomic mass is 35.5. The molecular formula is C15H18ClNO. The van der Waals surface area contributed by atoms with Crippen LogP contribution in [0.4, 0.5) is 0 Å². The van der Waals surface area contributed by atoms with Gasteiger partial charge in [0.1, 0.15) is 0 Å². The zero-order valence-corrected chi connectivity index (χ0v) is 12.0. The van der Waals surface area contributed by atoms with Crippen LogP contribution in [0.3, 0.4) is 0 Å². The summed E-state index contributed by atoms with van der Waals surface area (Å²) in [6.45, 7) is 8.21. The molecule has 0 bridgehead atoms. The summed E-state index contributed by atoms with van der Waals surface area (Å²) in [7, 11) is 0. The standard InChI is InChI=1S/C15H18ClNO/c1-9(2)12-6-5-11(8-17)15(10(3)4)13(12)7-14(16)18/h5-6,9-10H,7H2,1-4H3. The fourth-order valence-corrected chi connectivity index (χ4v) is 2.45. The van der Waals surface area contributed by atoms with Crippen molar-refractivity contribution < 1.29 is 4.79 Å². The lowest BCUT2D eigenvalue weighted by molar-refractivity contribution is -0.111. The van der Waals surface area contributed by atoms with Gasteiger partial charge in [0.15, 0.2) is 0 Å². The minimum atomic E-state index is -0.381. The van der Waals surface area contributed by atoms with Gasteiger partial charge in [0.25, 0.3) is 0 Å². The Balaban J connectivity index is 3.55. The number of hydrogen-bond acceptors (Lipinski definition) is 2. The van der Waals surface area contributed by atoms with Gasteiger partial charge in [-0.15, -0.1) is 0 Å². The van der Waals surface area contributed by atoms with Gasteiger partial charge in [-0.3, -0.25) is 4.79 Å². The summed E-state index contributed by atoms with van der Waals surface area (Å²) in [5.41, 5.74) is 3.63. The fourth-order valence-electron chi connectivity index (χ4n) is 2.32. The third-order valence-electron chi connectivity index (χ3n) is 3.03. The van der Waals surface area contributed by atoms with E-state index >= 15 is 0 Å². The molecule has 0 aliphatic carbocycles. The van der Waals surface area contributed by atoms with E-state index in [2.05, 4.69) is 19.9 Å². The first-order valence-corrected chi connectivity index (χ1v) is 6.50. The number of carbonyl (C=O) groups excluding carboxylic acids is 1.